The zero-order valence-electron chi connectivity index (χ0n) is 17.4. The Hall–Kier alpha value is -2.52. The van der Waals surface area contributed by atoms with E-state index in [1.807, 2.05) is 13.8 Å². The largest absolute Gasteiger partial charge is 0.385 e. The molecule has 0 unspecified atom stereocenters. The van der Waals surface area contributed by atoms with Crippen molar-refractivity contribution in [2.45, 2.75) is 26.8 Å². The van der Waals surface area contributed by atoms with Crippen LogP contribution < -0.4 is 5.56 Å². The fourth-order valence-corrected chi connectivity index (χ4v) is 3.41. The van der Waals surface area contributed by atoms with Crippen LogP contribution in [0, 0.1) is 4.77 Å². The lowest BCUT2D eigenvalue weighted by atomic mass is 10.1. The van der Waals surface area contributed by atoms with Crippen LogP contribution in [0.1, 0.15) is 30.6 Å². The SMILES string of the molecule is CCN(CC)C(=O)CN(C)C(=O)c1ccc2c(=O)n(CCCOC)c(=S)[nH]c2c1. The molecular weight excluding hydrogens is 392 g/mol. The number of ether oxygens (including phenoxy) is 1. The van der Waals surface area contributed by atoms with Crippen LogP contribution in [0.15, 0.2) is 23.0 Å². The molecule has 0 aliphatic carbocycles. The highest BCUT2D eigenvalue weighted by molar-refractivity contribution is 7.71. The van der Waals surface area contributed by atoms with Gasteiger partial charge in [-0.15, -0.1) is 0 Å². The lowest BCUT2D eigenvalue weighted by Crippen LogP contribution is -2.41. The number of aromatic nitrogens is 2. The van der Waals surface area contributed by atoms with Gasteiger partial charge in [-0.1, -0.05) is 0 Å². The van der Waals surface area contributed by atoms with E-state index < -0.39 is 0 Å². The maximum Gasteiger partial charge on any atom is 0.262 e. The van der Waals surface area contributed by atoms with Gasteiger partial charge < -0.3 is 19.5 Å². The van der Waals surface area contributed by atoms with Gasteiger partial charge in [0, 0.05) is 46.0 Å². The molecule has 1 heterocycles. The molecule has 1 N–H and O–H groups in total. The van der Waals surface area contributed by atoms with Crippen molar-refractivity contribution >= 4 is 34.9 Å². The van der Waals surface area contributed by atoms with Crippen LogP contribution in [0.3, 0.4) is 0 Å². The predicted octanol–water partition coefficient (Wildman–Crippen LogP) is 2.04. The van der Waals surface area contributed by atoms with Gasteiger partial charge in [0.25, 0.3) is 11.5 Å². The number of amides is 2. The van der Waals surface area contributed by atoms with Gasteiger partial charge in [-0.05, 0) is 50.7 Å². The highest BCUT2D eigenvalue weighted by atomic mass is 32.1. The summed E-state index contributed by atoms with van der Waals surface area (Å²) in [4.78, 5) is 43.8. The number of likely N-dealkylation sites (N-methyl/N-ethyl adjacent to an activating group) is 2. The van der Waals surface area contributed by atoms with Crippen molar-refractivity contribution in [1.29, 1.82) is 0 Å². The predicted molar refractivity (Wildman–Crippen MR) is 115 cm³/mol. The molecular formula is C20H28N4O4S. The average Bonchev–Trinajstić information content (AvgIpc) is 2.70. The van der Waals surface area contributed by atoms with Gasteiger partial charge >= 0.3 is 0 Å². The maximum absolute atomic E-state index is 12.8. The second-order valence-electron chi connectivity index (χ2n) is 6.72. The molecule has 0 fully saturated rings. The van der Waals surface area contributed by atoms with Crippen molar-refractivity contribution in [1.82, 2.24) is 19.4 Å². The number of fused-ring (bicyclic) bond motifs is 1. The van der Waals surface area contributed by atoms with Gasteiger partial charge in [0.2, 0.25) is 5.91 Å². The van der Waals surface area contributed by atoms with E-state index in [4.69, 9.17) is 17.0 Å². The molecule has 8 nitrogen and oxygen atoms in total. The van der Waals surface area contributed by atoms with Gasteiger partial charge in [0.05, 0.1) is 17.4 Å². The van der Waals surface area contributed by atoms with Crippen molar-refractivity contribution in [2.75, 3.05) is 40.4 Å². The van der Waals surface area contributed by atoms with Gasteiger partial charge in [0.1, 0.15) is 0 Å². The number of benzene rings is 1. The van der Waals surface area contributed by atoms with Crippen LogP contribution in [-0.4, -0.2) is 71.6 Å². The number of nitrogens with one attached hydrogen (secondary N) is 1. The lowest BCUT2D eigenvalue weighted by molar-refractivity contribution is -0.131. The molecule has 0 spiro atoms. The molecule has 2 rings (SSSR count). The van der Waals surface area contributed by atoms with E-state index in [0.29, 0.717) is 53.9 Å². The summed E-state index contributed by atoms with van der Waals surface area (Å²) in [5.41, 5.74) is 0.677. The minimum Gasteiger partial charge on any atom is -0.385 e. The summed E-state index contributed by atoms with van der Waals surface area (Å²) in [5, 5.41) is 0.453. The number of carbonyl (C=O) groups excluding carboxylic acids is 2. The number of hydrogen-bond acceptors (Lipinski definition) is 5. The number of aromatic amines is 1. The van der Waals surface area contributed by atoms with E-state index in [0.717, 1.165) is 0 Å². The highest BCUT2D eigenvalue weighted by Crippen LogP contribution is 2.13. The first-order valence-corrected chi connectivity index (χ1v) is 10.0. The van der Waals surface area contributed by atoms with Crippen LogP contribution >= 0.6 is 12.2 Å². The van der Waals surface area contributed by atoms with Gasteiger partial charge in [0.15, 0.2) is 4.77 Å². The Morgan fingerprint density at radius 1 is 1.24 bits per heavy atom. The number of nitrogens with zero attached hydrogens (tertiary/aromatic N) is 3. The summed E-state index contributed by atoms with van der Waals surface area (Å²) in [7, 11) is 3.19. The molecule has 0 saturated heterocycles. The Balaban J connectivity index is 2.28. The molecule has 0 atom stereocenters. The van der Waals surface area contributed by atoms with Crippen LogP contribution in [0.4, 0.5) is 0 Å². The fraction of sp³-hybridized carbons (Fsp3) is 0.500. The maximum atomic E-state index is 12.8. The molecule has 0 aliphatic heterocycles. The summed E-state index contributed by atoms with van der Waals surface area (Å²) in [6, 6.07) is 4.82. The molecule has 2 amide bonds. The van der Waals surface area contributed by atoms with E-state index in [-0.39, 0.29) is 23.9 Å². The first kappa shape index (κ1) is 22.8. The van der Waals surface area contributed by atoms with Gasteiger partial charge in [-0.2, -0.15) is 0 Å². The molecule has 0 bridgehead atoms. The quantitative estimate of drug-likeness (QED) is 0.495. The normalized spacial score (nSPS) is 10.9. The molecule has 1 aromatic heterocycles. The Labute approximate surface area is 175 Å². The number of rotatable bonds is 9. The minimum atomic E-state index is -0.295. The van der Waals surface area contributed by atoms with Crippen molar-refractivity contribution in [3.05, 3.63) is 38.9 Å². The third kappa shape index (κ3) is 5.30. The number of carbonyl (C=O) groups is 2. The highest BCUT2D eigenvalue weighted by Gasteiger charge is 2.18. The summed E-state index contributed by atoms with van der Waals surface area (Å²) in [6.45, 7) is 5.98. The zero-order valence-corrected chi connectivity index (χ0v) is 18.2. The zero-order chi connectivity index (χ0) is 21.6. The van der Waals surface area contributed by atoms with E-state index in [1.54, 1.807) is 37.3 Å². The van der Waals surface area contributed by atoms with E-state index >= 15 is 0 Å². The van der Waals surface area contributed by atoms with E-state index in [2.05, 4.69) is 4.98 Å². The fourth-order valence-electron chi connectivity index (χ4n) is 3.13. The molecule has 1 aromatic carbocycles. The third-order valence-corrected chi connectivity index (χ3v) is 5.12. The Kier molecular flexibility index (Phi) is 8.10. The summed E-state index contributed by atoms with van der Waals surface area (Å²) < 4.78 is 6.82. The van der Waals surface area contributed by atoms with Crippen molar-refractivity contribution in [3.8, 4) is 0 Å². The second-order valence-corrected chi connectivity index (χ2v) is 7.11. The van der Waals surface area contributed by atoms with Gasteiger partial charge in [-0.25, -0.2) is 0 Å². The van der Waals surface area contributed by atoms with Crippen LogP contribution in [0.2, 0.25) is 0 Å². The van der Waals surface area contributed by atoms with Gasteiger partial charge in [-0.3, -0.25) is 19.0 Å². The molecule has 9 heteroatoms. The molecule has 0 radical (unpaired) electrons. The summed E-state index contributed by atoms with van der Waals surface area (Å²) in [6.07, 6.45) is 0.668. The summed E-state index contributed by atoms with van der Waals surface area (Å²) in [5.74, 6) is -0.402. The number of methoxy groups -OCH3 is 1. The van der Waals surface area contributed by atoms with Crippen LogP contribution in [-0.2, 0) is 16.1 Å². The average molecular weight is 421 g/mol. The van der Waals surface area contributed by atoms with Crippen molar-refractivity contribution in [2.24, 2.45) is 0 Å². The second kappa shape index (κ2) is 10.3. The Morgan fingerprint density at radius 3 is 2.55 bits per heavy atom. The summed E-state index contributed by atoms with van der Waals surface area (Å²) >= 11 is 5.31. The standard InChI is InChI=1S/C20H28N4O4S/c1-5-23(6-2)17(25)13-22(3)18(26)14-8-9-15-16(12-14)21-20(29)24(19(15)27)10-7-11-28-4/h8-9,12H,5-7,10-11,13H2,1-4H3,(H,21,29). The van der Waals surface area contributed by atoms with Crippen molar-refractivity contribution < 1.29 is 14.3 Å². The minimum absolute atomic E-state index is 0.00432. The molecule has 0 saturated carbocycles. The third-order valence-electron chi connectivity index (χ3n) is 4.79. The Bertz CT molecular complexity index is 994. The first-order chi connectivity index (χ1) is 13.8. The number of hydrogen-bond donors (Lipinski definition) is 1. The number of H-pyrrole nitrogens is 1. The smallest absolute Gasteiger partial charge is 0.262 e. The van der Waals surface area contributed by atoms with E-state index in [1.165, 1.54) is 9.47 Å². The van der Waals surface area contributed by atoms with Crippen LogP contribution in [0.5, 0.6) is 0 Å². The monoisotopic (exact) mass is 420 g/mol. The molecule has 2 aromatic rings. The lowest BCUT2D eigenvalue weighted by Gasteiger charge is -2.23. The van der Waals surface area contributed by atoms with E-state index in [9.17, 15) is 14.4 Å². The molecule has 29 heavy (non-hydrogen) atoms. The molecule has 158 valence electrons. The molecule has 0 aliphatic rings. The Morgan fingerprint density at radius 2 is 1.93 bits per heavy atom. The topological polar surface area (TPSA) is 87.6 Å². The van der Waals surface area contributed by atoms with Crippen LogP contribution in [0.25, 0.3) is 10.9 Å². The van der Waals surface area contributed by atoms with Crippen molar-refractivity contribution in [3.63, 3.8) is 0 Å². The first-order valence-electron chi connectivity index (χ1n) is 9.63.